The monoisotopic (exact) mass is 247 g/mol. The van der Waals surface area contributed by atoms with Crippen LogP contribution >= 0.6 is 0 Å². The highest BCUT2D eigenvalue weighted by Gasteiger charge is 2.30. The SMILES string of the molecule is COc1cc(C)c(C(N)C2CCCC2C)cc1C. The Labute approximate surface area is 111 Å². The third kappa shape index (κ3) is 2.39. The Balaban J connectivity index is 2.30. The first-order valence-corrected chi connectivity index (χ1v) is 6.95. The summed E-state index contributed by atoms with van der Waals surface area (Å²) in [5, 5.41) is 0. The molecule has 2 heteroatoms. The minimum atomic E-state index is 0.173. The van der Waals surface area contributed by atoms with E-state index in [1.807, 2.05) is 0 Å². The van der Waals surface area contributed by atoms with Crippen LogP contribution in [-0.2, 0) is 0 Å². The molecule has 1 saturated carbocycles. The van der Waals surface area contributed by atoms with E-state index < -0.39 is 0 Å². The summed E-state index contributed by atoms with van der Waals surface area (Å²) < 4.78 is 5.37. The maximum Gasteiger partial charge on any atom is 0.122 e. The van der Waals surface area contributed by atoms with Crippen molar-refractivity contribution >= 4 is 0 Å². The van der Waals surface area contributed by atoms with Gasteiger partial charge in [-0.05, 0) is 54.9 Å². The Kier molecular flexibility index (Phi) is 3.96. The fraction of sp³-hybridized carbons (Fsp3) is 0.625. The topological polar surface area (TPSA) is 35.2 Å². The second kappa shape index (κ2) is 5.31. The lowest BCUT2D eigenvalue weighted by Crippen LogP contribution is -2.24. The van der Waals surface area contributed by atoms with Crippen LogP contribution in [0.5, 0.6) is 5.75 Å². The predicted octanol–water partition coefficient (Wildman–Crippen LogP) is 3.75. The van der Waals surface area contributed by atoms with Gasteiger partial charge in [0.1, 0.15) is 5.75 Å². The molecule has 2 nitrogen and oxygen atoms in total. The number of aryl methyl sites for hydroxylation is 2. The largest absolute Gasteiger partial charge is 0.496 e. The summed E-state index contributed by atoms with van der Waals surface area (Å²) in [4.78, 5) is 0. The maximum atomic E-state index is 6.51. The molecule has 3 unspecified atom stereocenters. The Morgan fingerprint density at radius 2 is 1.94 bits per heavy atom. The molecule has 1 aliphatic carbocycles. The summed E-state index contributed by atoms with van der Waals surface area (Å²) in [6.07, 6.45) is 3.92. The minimum Gasteiger partial charge on any atom is -0.496 e. The first kappa shape index (κ1) is 13.4. The van der Waals surface area contributed by atoms with Gasteiger partial charge in [-0.3, -0.25) is 0 Å². The normalized spacial score (nSPS) is 25.2. The van der Waals surface area contributed by atoms with Crippen molar-refractivity contribution in [2.75, 3.05) is 7.11 Å². The third-order valence-electron chi connectivity index (χ3n) is 4.53. The molecule has 1 fully saturated rings. The third-order valence-corrected chi connectivity index (χ3v) is 4.53. The average molecular weight is 247 g/mol. The lowest BCUT2D eigenvalue weighted by molar-refractivity contribution is 0.349. The number of rotatable bonds is 3. The molecule has 18 heavy (non-hydrogen) atoms. The van der Waals surface area contributed by atoms with E-state index in [0.717, 1.165) is 11.7 Å². The van der Waals surface area contributed by atoms with Crippen molar-refractivity contribution < 1.29 is 4.74 Å². The molecular weight excluding hydrogens is 222 g/mol. The molecule has 0 bridgehead atoms. The summed E-state index contributed by atoms with van der Waals surface area (Å²) in [5.74, 6) is 2.35. The summed E-state index contributed by atoms with van der Waals surface area (Å²) in [6, 6.07) is 4.50. The van der Waals surface area contributed by atoms with E-state index in [-0.39, 0.29) is 6.04 Å². The van der Waals surface area contributed by atoms with Crippen LogP contribution in [0.25, 0.3) is 0 Å². The van der Waals surface area contributed by atoms with E-state index in [0.29, 0.717) is 5.92 Å². The van der Waals surface area contributed by atoms with Gasteiger partial charge in [-0.1, -0.05) is 25.8 Å². The molecule has 0 aromatic heterocycles. The van der Waals surface area contributed by atoms with Crippen LogP contribution in [0.15, 0.2) is 12.1 Å². The van der Waals surface area contributed by atoms with E-state index in [4.69, 9.17) is 10.5 Å². The smallest absolute Gasteiger partial charge is 0.122 e. The van der Waals surface area contributed by atoms with Crippen LogP contribution in [0.4, 0.5) is 0 Å². The highest BCUT2D eigenvalue weighted by molar-refractivity contribution is 5.43. The van der Waals surface area contributed by atoms with Crippen LogP contribution < -0.4 is 10.5 Å². The van der Waals surface area contributed by atoms with Crippen LogP contribution in [0.3, 0.4) is 0 Å². The molecule has 0 saturated heterocycles. The quantitative estimate of drug-likeness (QED) is 0.883. The second-order valence-electron chi connectivity index (χ2n) is 5.78. The lowest BCUT2D eigenvalue weighted by atomic mass is 9.84. The second-order valence-corrected chi connectivity index (χ2v) is 5.78. The maximum absolute atomic E-state index is 6.51. The molecule has 0 heterocycles. The molecule has 0 radical (unpaired) electrons. The zero-order valence-corrected chi connectivity index (χ0v) is 12.0. The highest BCUT2D eigenvalue weighted by Crippen LogP contribution is 2.40. The molecule has 1 aromatic rings. The van der Waals surface area contributed by atoms with E-state index in [2.05, 4.69) is 32.9 Å². The van der Waals surface area contributed by atoms with Gasteiger partial charge in [0.2, 0.25) is 0 Å². The first-order valence-electron chi connectivity index (χ1n) is 6.95. The zero-order valence-electron chi connectivity index (χ0n) is 12.0. The molecule has 2 rings (SSSR count). The summed E-state index contributed by atoms with van der Waals surface area (Å²) in [7, 11) is 1.72. The molecular formula is C16H25NO. The van der Waals surface area contributed by atoms with Gasteiger partial charge in [0.05, 0.1) is 7.11 Å². The fourth-order valence-electron chi connectivity index (χ4n) is 3.33. The van der Waals surface area contributed by atoms with Gasteiger partial charge in [-0.15, -0.1) is 0 Å². The fourth-order valence-corrected chi connectivity index (χ4v) is 3.33. The molecule has 1 aromatic carbocycles. The standard InChI is InChI=1S/C16H25NO/c1-10-6-5-7-13(10)16(17)14-8-12(3)15(18-4)9-11(14)2/h8-10,13,16H,5-7,17H2,1-4H3. The highest BCUT2D eigenvalue weighted by atomic mass is 16.5. The van der Waals surface area contributed by atoms with Crippen molar-refractivity contribution in [3.63, 3.8) is 0 Å². The molecule has 0 spiro atoms. The first-order chi connectivity index (χ1) is 8.54. The van der Waals surface area contributed by atoms with Crippen molar-refractivity contribution in [3.05, 3.63) is 28.8 Å². The number of nitrogens with two attached hydrogens (primary N) is 1. The van der Waals surface area contributed by atoms with Crippen molar-refractivity contribution in [1.29, 1.82) is 0 Å². The molecule has 0 aliphatic heterocycles. The molecule has 3 atom stereocenters. The van der Waals surface area contributed by atoms with Gasteiger partial charge in [-0.2, -0.15) is 0 Å². The molecule has 2 N–H and O–H groups in total. The van der Waals surface area contributed by atoms with Gasteiger partial charge in [0, 0.05) is 6.04 Å². The van der Waals surface area contributed by atoms with Gasteiger partial charge in [-0.25, -0.2) is 0 Å². The summed E-state index contributed by atoms with van der Waals surface area (Å²) in [5.41, 5.74) is 10.2. The van der Waals surface area contributed by atoms with Crippen molar-refractivity contribution in [2.24, 2.45) is 17.6 Å². The molecule has 0 amide bonds. The van der Waals surface area contributed by atoms with Gasteiger partial charge in [0.25, 0.3) is 0 Å². The average Bonchev–Trinajstić information content (AvgIpc) is 2.77. The van der Waals surface area contributed by atoms with Crippen LogP contribution in [0.1, 0.15) is 48.9 Å². The molecule has 100 valence electrons. The van der Waals surface area contributed by atoms with E-state index >= 15 is 0 Å². The van der Waals surface area contributed by atoms with Crippen LogP contribution in [-0.4, -0.2) is 7.11 Å². The number of benzene rings is 1. The Hall–Kier alpha value is -1.02. The van der Waals surface area contributed by atoms with Crippen molar-refractivity contribution in [2.45, 2.75) is 46.1 Å². The van der Waals surface area contributed by atoms with E-state index in [9.17, 15) is 0 Å². The van der Waals surface area contributed by atoms with Gasteiger partial charge >= 0.3 is 0 Å². The Morgan fingerprint density at radius 1 is 1.22 bits per heavy atom. The lowest BCUT2D eigenvalue weighted by Gasteiger charge is -2.26. The van der Waals surface area contributed by atoms with Crippen molar-refractivity contribution in [3.8, 4) is 5.75 Å². The Bertz CT molecular complexity index is 427. The molecule has 1 aliphatic rings. The van der Waals surface area contributed by atoms with Crippen molar-refractivity contribution in [1.82, 2.24) is 0 Å². The summed E-state index contributed by atoms with van der Waals surface area (Å²) >= 11 is 0. The minimum absolute atomic E-state index is 0.173. The number of hydrogen-bond donors (Lipinski definition) is 1. The van der Waals surface area contributed by atoms with E-state index in [1.165, 1.54) is 36.0 Å². The van der Waals surface area contributed by atoms with Crippen LogP contribution in [0.2, 0.25) is 0 Å². The Morgan fingerprint density at radius 3 is 2.50 bits per heavy atom. The zero-order chi connectivity index (χ0) is 13.3. The van der Waals surface area contributed by atoms with Gasteiger partial charge < -0.3 is 10.5 Å². The number of methoxy groups -OCH3 is 1. The van der Waals surface area contributed by atoms with Crippen LogP contribution in [0, 0.1) is 25.7 Å². The number of hydrogen-bond acceptors (Lipinski definition) is 2. The van der Waals surface area contributed by atoms with Gasteiger partial charge in [0.15, 0.2) is 0 Å². The predicted molar refractivity (Wildman–Crippen MR) is 75.9 cm³/mol. The van der Waals surface area contributed by atoms with E-state index in [1.54, 1.807) is 7.11 Å². The number of ether oxygens (including phenoxy) is 1. The summed E-state index contributed by atoms with van der Waals surface area (Å²) in [6.45, 7) is 6.56.